The summed E-state index contributed by atoms with van der Waals surface area (Å²) in [5.74, 6) is -1.50. The first-order chi connectivity index (χ1) is 12.1. The van der Waals surface area contributed by atoms with E-state index in [2.05, 4.69) is 4.98 Å². The minimum absolute atomic E-state index is 0.0253. The molecule has 0 amide bonds. The summed E-state index contributed by atoms with van der Waals surface area (Å²) in [6, 6.07) is 5.06. The summed E-state index contributed by atoms with van der Waals surface area (Å²) in [5.41, 5.74) is 1.43. The molecule has 8 heteroatoms. The number of nitrogens with one attached hydrogen (secondary N) is 1. The first-order valence-corrected chi connectivity index (χ1v) is 7.83. The van der Waals surface area contributed by atoms with Gasteiger partial charge < -0.3 is 9.72 Å². The Morgan fingerprint density at radius 2 is 1.88 bits per heavy atom. The van der Waals surface area contributed by atoms with Crippen molar-refractivity contribution in [3.8, 4) is 0 Å². The maximum Gasteiger partial charge on any atom is 0.339 e. The van der Waals surface area contributed by atoms with E-state index in [1.54, 1.807) is 13.8 Å². The summed E-state index contributed by atoms with van der Waals surface area (Å²) in [4.78, 5) is 49.4. The number of nitrogens with zero attached hydrogens (tertiary/aromatic N) is 1. The molecule has 0 saturated heterocycles. The lowest BCUT2D eigenvalue weighted by atomic mass is 10.0. The highest BCUT2D eigenvalue weighted by molar-refractivity contribution is 6.05. The SMILES string of the molecule is CC(=O)c1c(C)[nH]c(C(=O)[C@H](C)OC(=O)c2cccc([N+](=O)[O-])c2)c1C. The zero-order valence-electron chi connectivity index (χ0n) is 14.8. The molecule has 0 aliphatic carbocycles. The molecular weight excluding hydrogens is 340 g/mol. The van der Waals surface area contributed by atoms with Crippen LogP contribution in [0.1, 0.15) is 56.3 Å². The summed E-state index contributed by atoms with van der Waals surface area (Å²) < 4.78 is 5.14. The smallest absolute Gasteiger partial charge is 0.339 e. The fraction of sp³-hybridized carbons (Fsp3) is 0.278. The van der Waals surface area contributed by atoms with Crippen molar-refractivity contribution in [2.24, 2.45) is 0 Å². The number of hydrogen-bond donors (Lipinski definition) is 1. The monoisotopic (exact) mass is 358 g/mol. The molecule has 136 valence electrons. The number of ether oxygens (including phenoxy) is 1. The van der Waals surface area contributed by atoms with Crippen LogP contribution in [0.4, 0.5) is 5.69 Å². The number of hydrogen-bond acceptors (Lipinski definition) is 6. The number of H-pyrrole nitrogens is 1. The summed E-state index contributed by atoms with van der Waals surface area (Å²) in [6.07, 6.45) is -1.13. The molecule has 0 spiro atoms. The number of ketones is 2. The predicted octanol–water partition coefficient (Wildman–Crippen LogP) is 3.17. The van der Waals surface area contributed by atoms with Gasteiger partial charge >= 0.3 is 5.97 Å². The maximum absolute atomic E-state index is 12.6. The number of carbonyl (C=O) groups is 3. The molecule has 0 fully saturated rings. The van der Waals surface area contributed by atoms with Crippen molar-refractivity contribution in [2.75, 3.05) is 0 Å². The van der Waals surface area contributed by atoms with Gasteiger partial charge in [0, 0.05) is 23.4 Å². The van der Waals surface area contributed by atoms with Gasteiger partial charge in [-0.2, -0.15) is 0 Å². The van der Waals surface area contributed by atoms with Crippen molar-refractivity contribution in [2.45, 2.75) is 33.8 Å². The summed E-state index contributed by atoms with van der Waals surface area (Å²) in [7, 11) is 0. The molecule has 8 nitrogen and oxygen atoms in total. The molecule has 1 atom stereocenters. The van der Waals surface area contributed by atoms with Gasteiger partial charge in [-0.1, -0.05) is 6.07 Å². The van der Waals surface area contributed by atoms with Crippen LogP contribution < -0.4 is 0 Å². The zero-order valence-corrected chi connectivity index (χ0v) is 14.8. The number of benzene rings is 1. The van der Waals surface area contributed by atoms with Crippen LogP contribution in [0.25, 0.3) is 0 Å². The minimum atomic E-state index is -1.13. The molecule has 1 heterocycles. The molecule has 0 bridgehead atoms. The highest BCUT2D eigenvalue weighted by Gasteiger charge is 2.26. The quantitative estimate of drug-likeness (QED) is 0.366. The third kappa shape index (κ3) is 3.69. The van der Waals surface area contributed by atoms with E-state index >= 15 is 0 Å². The maximum atomic E-state index is 12.6. The number of nitro benzene ring substituents is 1. The number of rotatable bonds is 6. The molecule has 1 aromatic heterocycles. The lowest BCUT2D eigenvalue weighted by Gasteiger charge is -2.12. The molecule has 0 radical (unpaired) electrons. The van der Waals surface area contributed by atoms with Crippen LogP contribution in [0.5, 0.6) is 0 Å². The molecule has 2 aromatic rings. The van der Waals surface area contributed by atoms with E-state index in [1.165, 1.54) is 32.0 Å². The number of aromatic amines is 1. The standard InChI is InChI=1S/C18H18N2O6/c1-9-15(11(3)21)10(2)19-16(9)17(22)12(4)26-18(23)13-6-5-7-14(8-13)20(24)25/h5-8,12,19H,1-4H3/t12-/m0/s1. The predicted molar refractivity (Wildman–Crippen MR) is 92.6 cm³/mol. The Hall–Kier alpha value is -3.29. The van der Waals surface area contributed by atoms with Crippen LogP contribution in [0.15, 0.2) is 24.3 Å². The lowest BCUT2D eigenvalue weighted by Crippen LogP contribution is -2.25. The summed E-state index contributed by atoms with van der Waals surface area (Å²) in [6.45, 7) is 6.13. The van der Waals surface area contributed by atoms with E-state index < -0.39 is 22.8 Å². The Bertz CT molecular complexity index is 912. The zero-order chi connectivity index (χ0) is 19.6. The van der Waals surface area contributed by atoms with E-state index in [1.807, 2.05) is 0 Å². The van der Waals surface area contributed by atoms with E-state index in [0.717, 1.165) is 6.07 Å². The second-order valence-corrected chi connectivity index (χ2v) is 5.90. The number of non-ortho nitro benzene ring substituents is 1. The van der Waals surface area contributed by atoms with Gasteiger partial charge in [-0.3, -0.25) is 19.7 Å². The molecule has 1 aromatic carbocycles. The first kappa shape index (κ1) is 19.0. The number of Topliss-reactive ketones (excluding diaryl/α,β-unsaturated/α-hetero) is 2. The van der Waals surface area contributed by atoms with Gasteiger partial charge in [0.15, 0.2) is 11.9 Å². The second kappa shape index (κ2) is 7.30. The van der Waals surface area contributed by atoms with Crippen molar-refractivity contribution in [1.82, 2.24) is 4.98 Å². The number of aromatic nitrogens is 1. The van der Waals surface area contributed by atoms with Crippen LogP contribution in [-0.4, -0.2) is 33.5 Å². The van der Waals surface area contributed by atoms with E-state index in [9.17, 15) is 24.5 Å². The van der Waals surface area contributed by atoms with Gasteiger partial charge in [-0.05, 0) is 39.3 Å². The molecule has 26 heavy (non-hydrogen) atoms. The number of aryl methyl sites for hydroxylation is 1. The highest BCUT2D eigenvalue weighted by Crippen LogP contribution is 2.21. The third-order valence-corrected chi connectivity index (χ3v) is 3.98. The molecule has 0 aliphatic heterocycles. The van der Waals surface area contributed by atoms with Gasteiger partial charge in [0.25, 0.3) is 5.69 Å². The largest absolute Gasteiger partial charge is 0.451 e. The van der Waals surface area contributed by atoms with Crippen molar-refractivity contribution in [1.29, 1.82) is 0 Å². The van der Waals surface area contributed by atoms with Gasteiger partial charge in [-0.15, -0.1) is 0 Å². The van der Waals surface area contributed by atoms with E-state index in [4.69, 9.17) is 4.74 Å². The van der Waals surface area contributed by atoms with Crippen molar-refractivity contribution in [3.05, 3.63) is 62.5 Å². The molecular formula is C18H18N2O6. The van der Waals surface area contributed by atoms with Crippen molar-refractivity contribution in [3.63, 3.8) is 0 Å². The van der Waals surface area contributed by atoms with Crippen LogP contribution >= 0.6 is 0 Å². The van der Waals surface area contributed by atoms with Gasteiger partial charge in [0.2, 0.25) is 5.78 Å². The van der Waals surface area contributed by atoms with E-state index in [-0.39, 0.29) is 22.7 Å². The first-order valence-electron chi connectivity index (χ1n) is 7.83. The molecule has 1 N–H and O–H groups in total. The van der Waals surface area contributed by atoms with Crippen LogP contribution in [-0.2, 0) is 4.74 Å². The Morgan fingerprint density at radius 1 is 1.23 bits per heavy atom. The van der Waals surface area contributed by atoms with E-state index in [0.29, 0.717) is 16.8 Å². The number of carbonyl (C=O) groups excluding carboxylic acids is 3. The van der Waals surface area contributed by atoms with Gasteiger partial charge in [0.05, 0.1) is 16.2 Å². The molecule has 0 saturated carbocycles. The third-order valence-electron chi connectivity index (χ3n) is 3.98. The highest BCUT2D eigenvalue weighted by atomic mass is 16.6. The Balaban J connectivity index is 2.21. The molecule has 2 rings (SSSR count). The van der Waals surface area contributed by atoms with Gasteiger partial charge in [-0.25, -0.2) is 4.79 Å². The number of esters is 1. The second-order valence-electron chi connectivity index (χ2n) is 5.90. The lowest BCUT2D eigenvalue weighted by molar-refractivity contribution is -0.384. The fourth-order valence-electron chi connectivity index (χ4n) is 2.76. The average Bonchev–Trinajstić information content (AvgIpc) is 2.88. The topological polar surface area (TPSA) is 119 Å². The Morgan fingerprint density at radius 3 is 2.42 bits per heavy atom. The van der Waals surface area contributed by atoms with Crippen LogP contribution in [0, 0.1) is 24.0 Å². The Labute approximate surface area is 149 Å². The Kier molecular flexibility index (Phi) is 5.35. The molecule has 0 aliphatic rings. The van der Waals surface area contributed by atoms with Crippen molar-refractivity contribution >= 4 is 23.2 Å². The van der Waals surface area contributed by atoms with Crippen molar-refractivity contribution < 1.29 is 24.0 Å². The normalized spacial score (nSPS) is 11.7. The number of nitro groups is 1. The summed E-state index contributed by atoms with van der Waals surface area (Å²) >= 11 is 0. The van der Waals surface area contributed by atoms with Crippen LogP contribution in [0.2, 0.25) is 0 Å². The fourth-order valence-corrected chi connectivity index (χ4v) is 2.76. The average molecular weight is 358 g/mol. The molecule has 0 unspecified atom stereocenters. The summed E-state index contributed by atoms with van der Waals surface area (Å²) in [5, 5.41) is 10.8. The van der Waals surface area contributed by atoms with Crippen LogP contribution in [0.3, 0.4) is 0 Å². The van der Waals surface area contributed by atoms with Gasteiger partial charge in [0.1, 0.15) is 0 Å². The minimum Gasteiger partial charge on any atom is -0.451 e.